The van der Waals surface area contributed by atoms with E-state index in [0.717, 1.165) is 58.8 Å². The number of rotatable bonds is 3. The van der Waals surface area contributed by atoms with Crippen LogP contribution in [0.3, 0.4) is 0 Å². The third-order valence-corrected chi connectivity index (χ3v) is 7.69. The lowest BCUT2D eigenvalue weighted by Crippen LogP contribution is -2.30. The predicted molar refractivity (Wildman–Crippen MR) is 122 cm³/mol. The molecule has 5 nitrogen and oxygen atoms in total. The minimum atomic E-state index is 0.0130. The zero-order chi connectivity index (χ0) is 20.5. The first-order valence-electron chi connectivity index (χ1n) is 11.1. The van der Waals surface area contributed by atoms with Crippen molar-refractivity contribution in [2.45, 2.75) is 57.9 Å². The summed E-state index contributed by atoms with van der Waals surface area (Å²) in [6.45, 7) is 4.11. The fraction of sp³-hybridized carbons (Fsp3) is 0.458. The van der Waals surface area contributed by atoms with Gasteiger partial charge in [-0.25, -0.2) is 9.97 Å². The summed E-state index contributed by atoms with van der Waals surface area (Å²) in [7, 11) is 0. The van der Waals surface area contributed by atoms with Crippen molar-refractivity contribution in [2.75, 3.05) is 18.0 Å². The van der Waals surface area contributed by atoms with Gasteiger partial charge in [-0.2, -0.15) is 0 Å². The third-order valence-electron chi connectivity index (χ3n) is 6.49. The Morgan fingerprint density at radius 3 is 2.73 bits per heavy atom. The first-order chi connectivity index (χ1) is 14.7. The van der Waals surface area contributed by atoms with Crippen LogP contribution in [0.5, 0.6) is 0 Å². The number of carbonyl (C=O) groups excluding carboxylic acids is 1. The maximum Gasteiger partial charge on any atom is 0.262 e. The number of nitrogens with one attached hydrogen (secondary N) is 1. The maximum atomic E-state index is 13.3. The van der Waals surface area contributed by atoms with Gasteiger partial charge < -0.3 is 10.2 Å². The Hall–Kier alpha value is -2.47. The van der Waals surface area contributed by atoms with Gasteiger partial charge in [-0.05, 0) is 55.7 Å². The van der Waals surface area contributed by atoms with Crippen LogP contribution in [0, 0.1) is 6.92 Å². The smallest absolute Gasteiger partial charge is 0.262 e. The van der Waals surface area contributed by atoms with Gasteiger partial charge in [0.05, 0.1) is 16.3 Å². The summed E-state index contributed by atoms with van der Waals surface area (Å²) < 4.78 is 0. The van der Waals surface area contributed by atoms with Crippen molar-refractivity contribution in [1.29, 1.82) is 0 Å². The molecule has 1 unspecified atom stereocenters. The summed E-state index contributed by atoms with van der Waals surface area (Å²) >= 11 is 1.50. The molecule has 1 saturated heterocycles. The first kappa shape index (κ1) is 19.5. The molecule has 0 spiro atoms. The Morgan fingerprint density at radius 2 is 1.90 bits per heavy atom. The maximum absolute atomic E-state index is 13.3. The average Bonchev–Trinajstić information content (AvgIpc) is 2.94. The fourth-order valence-corrected chi connectivity index (χ4v) is 5.97. The summed E-state index contributed by atoms with van der Waals surface area (Å²) in [6, 6.07) is 8.57. The highest BCUT2D eigenvalue weighted by molar-refractivity contribution is 7.20. The van der Waals surface area contributed by atoms with Gasteiger partial charge in [0.2, 0.25) is 0 Å². The molecule has 5 rings (SSSR count). The molecule has 6 heteroatoms. The zero-order valence-electron chi connectivity index (χ0n) is 17.5. The molecule has 1 aromatic carbocycles. The summed E-state index contributed by atoms with van der Waals surface area (Å²) in [4.78, 5) is 26.5. The highest BCUT2D eigenvalue weighted by Crippen LogP contribution is 2.36. The SMILES string of the molecule is Cc1c(C(=O)NC2CCCc3ccccc32)sc2ncnc(N3CCCCCC3)c12. The number of fused-ring (bicyclic) bond motifs is 2. The van der Waals surface area contributed by atoms with Gasteiger partial charge in [-0.1, -0.05) is 37.1 Å². The number of hydrogen-bond acceptors (Lipinski definition) is 5. The van der Waals surface area contributed by atoms with E-state index in [1.807, 2.05) is 6.92 Å². The van der Waals surface area contributed by atoms with Crippen LogP contribution in [0.15, 0.2) is 30.6 Å². The molecule has 30 heavy (non-hydrogen) atoms. The lowest BCUT2D eigenvalue weighted by Gasteiger charge is -2.26. The number of anilines is 1. The number of nitrogens with zero attached hydrogens (tertiary/aromatic N) is 3. The normalized spacial score (nSPS) is 19.4. The molecule has 0 saturated carbocycles. The van der Waals surface area contributed by atoms with Crippen molar-refractivity contribution in [2.24, 2.45) is 0 Å². The second kappa shape index (κ2) is 8.34. The Bertz CT molecular complexity index is 1070. The van der Waals surface area contributed by atoms with Gasteiger partial charge in [0.15, 0.2) is 0 Å². The standard InChI is InChI=1S/C24H28N4OS/c1-16-20-22(28-13-6-2-3-7-14-28)25-15-26-24(20)30-21(16)23(29)27-19-12-8-10-17-9-4-5-11-18(17)19/h4-5,9,11,15,19H,2-3,6-8,10,12-14H2,1H3,(H,27,29). The molecule has 2 aromatic heterocycles. The van der Waals surface area contributed by atoms with Crippen molar-refractivity contribution in [1.82, 2.24) is 15.3 Å². The Kier molecular flexibility index (Phi) is 5.42. The number of amides is 1. The van der Waals surface area contributed by atoms with E-state index < -0.39 is 0 Å². The van der Waals surface area contributed by atoms with Crippen molar-refractivity contribution in [3.05, 3.63) is 52.2 Å². The van der Waals surface area contributed by atoms with Crippen LogP contribution in [0.1, 0.15) is 70.9 Å². The van der Waals surface area contributed by atoms with Gasteiger partial charge in [-0.3, -0.25) is 4.79 Å². The highest BCUT2D eigenvalue weighted by atomic mass is 32.1. The van der Waals surface area contributed by atoms with Crippen LogP contribution in [0.4, 0.5) is 5.82 Å². The van der Waals surface area contributed by atoms with Crippen LogP contribution in [0.2, 0.25) is 0 Å². The van der Waals surface area contributed by atoms with Gasteiger partial charge in [-0.15, -0.1) is 11.3 Å². The summed E-state index contributed by atoms with van der Waals surface area (Å²) in [5.41, 5.74) is 3.63. The topological polar surface area (TPSA) is 58.1 Å². The van der Waals surface area contributed by atoms with E-state index in [1.165, 1.54) is 48.1 Å². The van der Waals surface area contributed by atoms with E-state index in [0.29, 0.717) is 0 Å². The number of carbonyl (C=O) groups is 1. The number of aromatic nitrogens is 2. The third kappa shape index (κ3) is 3.58. The van der Waals surface area contributed by atoms with E-state index in [2.05, 4.69) is 44.5 Å². The van der Waals surface area contributed by atoms with E-state index in [1.54, 1.807) is 6.33 Å². The largest absolute Gasteiger partial charge is 0.356 e. The van der Waals surface area contributed by atoms with Crippen LogP contribution >= 0.6 is 11.3 Å². The molecule has 1 amide bonds. The Labute approximate surface area is 181 Å². The average molecular weight is 421 g/mol. The molecule has 1 fully saturated rings. The molecule has 2 aliphatic rings. The molecular weight excluding hydrogens is 392 g/mol. The van der Waals surface area contributed by atoms with E-state index >= 15 is 0 Å². The van der Waals surface area contributed by atoms with Gasteiger partial charge in [0.1, 0.15) is 17.0 Å². The van der Waals surface area contributed by atoms with E-state index in [4.69, 9.17) is 0 Å². The highest BCUT2D eigenvalue weighted by Gasteiger charge is 2.26. The van der Waals surface area contributed by atoms with Crippen molar-refractivity contribution >= 4 is 33.3 Å². The quantitative estimate of drug-likeness (QED) is 0.634. The lowest BCUT2D eigenvalue weighted by molar-refractivity contribution is 0.0936. The zero-order valence-corrected chi connectivity index (χ0v) is 18.3. The fourth-order valence-electron chi connectivity index (χ4n) is 4.92. The molecular formula is C24H28N4OS. The second-order valence-corrected chi connectivity index (χ2v) is 9.45. The number of hydrogen-bond donors (Lipinski definition) is 1. The molecule has 0 bridgehead atoms. The Morgan fingerprint density at radius 1 is 1.10 bits per heavy atom. The van der Waals surface area contributed by atoms with Crippen LogP contribution < -0.4 is 10.2 Å². The van der Waals surface area contributed by atoms with Crippen molar-refractivity contribution in [3.8, 4) is 0 Å². The predicted octanol–water partition coefficient (Wildman–Crippen LogP) is 5.19. The summed E-state index contributed by atoms with van der Waals surface area (Å²) in [6.07, 6.45) is 9.81. The van der Waals surface area contributed by atoms with E-state index in [-0.39, 0.29) is 11.9 Å². The van der Waals surface area contributed by atoms with Crippen LogP contribution in [-0.4, -0.2) is 29.0 Å². The lowest BCUT2D eigenvalue weighted by atomic mass is 9.87. The van der Waals surface area contributed by atoms with E-state index in [9.17, 15) is 4.79 Å². The van der Waals surface area contributed by atoms with Crippen molar-refractivity contribution < 1.29 is 4.79 Å². The van der Waals surface area contributed by atoms with Crippen LogP contribution in [0.25, 0.3) is 10.2 Å². The molecule has 1 aliphatic heterocycles. The molecule has 3 aromatic rings. The number of thiophene rings is 1. The molecule has 156 valence electrons. The number of benzene rings is 1. The summed E-state index contributed by atoms with van der Waals surface area (Å²) in [5, 5.41) is 4.37. The van der Waals surface area contributed by atoms with Crippen molar-refractivity contribution in [3.63, 3.8) is 0 Å². The van der Waals surface area contributed by atoms with Crippen LogP contribution in [-0.2, 0) is 6.42 Å². The molecule has 1 N–H and O–H groups in total. The molecule has 3 heterocycles. The van der Waals surface area contributed by atoms with Gasteiger partial charge in [0, 0.05) is 13.1 Å². The minimum absolute atomic E-state index is 0.0130. The number of aryl methyl sites for hydroxylation is 2. The molecule has 0 radical (unpaired) electrons. The van der Waals surface area contributed by atoms with Gasteiger partial charge >= 0.3 is 0 Å². The second-order valence-electron chi connectivity index (χ2n) is 8.45. The summed E-state index contributed by atoms with van der Waals surface area (Å²) in [5.74, 6) is 1.01. The van der Waals surface area contributed by atoms with Gasteiger partial charge in [0.25, 0.3) is 5.91 Å². The Balaban J connectivity index is 1.46. The monoisotopic (exact) mass is 420 g/mol. The molecule has 1 atom stereocenters. The first-order valence-corrected chi connectivity index (χ1v) is 11.9. The molecule has 1 aliphatic carbocycles. The minimum Gasteiger partial charge on any atom is -0.356 e.